The number of aromatic nitrogens is 2. The fourth-order valence-corrected chi connectivity index (χ4v) is 3.31. The van der Waals surface area contributed by atoms with Crippen molar-refractivity contribution < 1.29 is 14.3 Å². The first kappa shape index (κ1) is 16.5. The van der Waals surface area contributed by atoms with E-state index in [2.05, 4.69) is 14.9 Å². The van der Waals surface area contributed by atoms with Gasteiger partial charge in [-0.05, 0) is 18.9 Å². The summed E-state index contributed by atoms with van der Waals surface area (Å²) in [5.41, 5.74) is 0. The second-order valence-corrected chi connectivity index (χ2v) is 6.12. The Hall–Kier alpha value is -2.38. The van der Waals surface area contributed by atoms with Gasteiger partial charge < -0.3 is 19.4 Å². The van der Waals surface area contributed by atoms with E-state index in [-0.39, 0.29) is 17.9 Å². The summed E-state index contributed by atoms with van der Waals surface area (Å²) in [6.45, 7) is 3.88. The Morgan fingerprint density at radius 2 is 1.79 bits per heavy atom. The lowest BCUT2D eigenvalue weighted by Gasteiger charge is -2.38. The maximum atomic E-state index is 12.8. The molecule has 2 saturated heterocycles. The fraction of sp³-hybridized carbons (Fsp3) is 0.625. The summed E-state index contributed by atoms with van der Waals surface area (Å²) < 4.78 is 4.77. The minimum Gasteiger partial charge on any atom is -0.453 e. The summed E-state index contributed by atoms with van der Waals surface area (Å²) in [6, 6.07) is 1.79. The van der Waals surface area contributed by atoms with Crippen molar-refractivity contribution in [2.45, 2.75) is 12.8 Å². The molecule has 0 bridgehead atoms. The largest absolute Gasteiger partial charge is 0.453 e. The van der Waals surface area contributed by atoms with Gasteiger partial charge in [0.25, 0.3) is 0 Å². The van der Waals surface area contributed by atoms with Gasteiger partial charge in [-0.1, -0.05) is 0 Å². The third-order valence-electron chi connectivity index (χ3n) is 4.63. The normalized spacial score (nSPS) is 21.5. The van der Waals surface area contributed by atoms with E-state index >= 15 is 0 Å². The van der Waals surface area contributed by atoms with Gasteiger partial charge in [-0.3, -0.25) is 4.79 Å². The van der Waals surface area contributed by atoms with Crippen LogP contribution in [0.25, 0.3) is 0 Å². The lowest BCUT2D eigenvalue weighted by atomic mass is 9.96. The van der Waals surface area contributed by atoms with E-state index < -0.39 is 0 Å². The molecule has 2 aliphatic rings. The standard InChI is InChI=1S/C16H23N5O3/c1-24-16(23)21-7-2-4-13(12-21)14(22)19-8-10-20(11-9-19)15-17-5-3-6-18-15/h3,5-6,13H,2,4,7-12H2,1H3. The molecule has 1 aromatic heterocycles. The van der Waals surface area contributed by atoms with Crippen LogP contribution in [0.5, 0.6) is 0 Å². The van der Waals surface area contributed by atoms with Crippen LogP contribution in [-0.4, -0.2) is 78.1 Å². The lowest BCUT2D eigenvalue weighted by Crippen LogP contribution is -2.53. The molecule has 2 fully saturated rings. The molecule has 8 nitrogen and oxygen atoms in total. The SMILES string of the molecule is COC(=O)N1CCCC(C(=O)N2CCN(c3ncccn3)CC2)C1. The number of likely N-dealkylation sites (tertiary alicyclic amines) is 1. The molecule has 8 heteroatoms. The number of piperidine rings is 1. The summed E-state index contributed by atoms with van der Waals surface area (Å²) in [4.78, 5) is 38.5. The van der Waals surface area contributed by atoms with Crippen LogP contribution in [-0.2, 0) is 9.53 Å². The molecule has 24 heavy (non-hydrogen) atoms. The summed E-state index contributed by atoms with van der Waals surface area (Å²) in [7, 11) is 1.37. The van der Waals surface area contributed by atoms with Gasteiger partial charge in [0.05, 0.1) is 13.0 Å². The zero-order valence-corrected chi connectivity index (χ0v) is 13.9. The van der Waals surface area contributed by atoms with Crippen molar-refractivity contribution in [3.8, 4) is 0 Å². The average Bonchev–Trinajstić information content (AvgIpc) is 2.67. The summed E-state index contributed by atoms with van der Waals surface area (Å²) in [5.74, 6) is 0.716. The number of methoxy groups -OCH3 is 1. The Balaban J connectivity index is 1.54. The van der Waals surface area contributed by atoms with Gasteiger partial charge in [0, 0.05) is 51.7 Å². The van der Waals surface area contributed by atoms with E-state index in [4.69, 9.17) is 4.74 Å². The molecular weight excluding hydrogens is 310 g/mol. The first-order valence-electron chi connectivity index (χ1n) is 8.32. The van der Waals surface area contributed by atoms with E-state index in [1.165, 1.54) is 7.11 Å². The number of amides is 2. The highest BCUT2D eigenvalue weighted by Gasteiger charge is 2.33. The highest BCUT2D eigenvalue weighted by Crippen LogP contribution is 2.21. The number of anilines is 1. The van der Waals surface area contributed by atoms with Crippen LogP contribution in [0.15, 0.2) is 18.5 Å². The molecule has 1 aromatic rings. The minimum absolute atomic E-state index is 0.127. The van der Waals surface area contributed by atoms with Gasteiger partial charge in [-0.2, -0.15) is 0 Å². The highest BCUT2D eigenvalue weighted by molar-refractivity contribution is 5.80. The zero-order chi connectivity index (χ0) is 16.9. The highest BCUT2D eigenvalue weighted by atomic mass is 16.5. The number of piperazine rings is 1. The molecule has 3 rings (SSSR count). The van der Waals surface area contributed by atoms with Crippen molar-refractivity contribution in [1.82, 2.24) is 19.8 Å². The molecular formula is C16H23N5O3. The Labute approximate surface area is 141 Å². The van der Waals surface area contributed by atoms with Crippen LogP contribution in [0.4, 0.5) is 10.7 Å². The number of ether oxygens (including phenoxy) is 1. The lowest BCUT2D eigenvalue weighted by molar-refractivity contribution is -0.137. The first-order chi connectivity index (χ1) is 11.7. The monoisotopic (exact) mass is 333 g/mol. The van der Waals surface area contributed by atoms with Crippen molar-refractivity contribution in [2.75, 3.05) is 51.3 Å². The molecule has 130 valence electrons. The molecule has 0 aliphatic carbocycles. The maximum Gasteiger partial charge on any atom is 0.409 e. The van der Waals surface area contributed by atoms with Crippen molar-refractivity contribution >= 4 is 17.9 Å². The van der Waals surface area contributed by atoms with Gasteiger partial charge in [-0.15, -0.1) is 0 Å². The molecule has 1 atom stereocenters. The molecule has 1 unspecified atom stereocenters. The Bertz CT molecular complexity index is 574. The van der Waals surface area contributed by atoms with Gasteiger partial charge in [-0.25, -0.2) is 14.8 Å². The smallest absolute Gasteiger partial charge is 0.409 e. The third kappa shape index (κ3) is 3.58. The van der Waals surface area contributed by atoms with Crippen LogP contribution < -0.4 is 4.90 Å². The van der Waals surface area contributed by atoms with Gasteiger partial charge in [0.1, 0.15) is 0 Å². The Morgan fingerprint density at radius 3 is 2.46 bits per heavy atom. The maximum absolute atomic E-state index is 12.8. The molecule has 2 aliphatic heterocycles. The van der Waals surface area contributed by atoms with Gasteiger partial charge in [0.15, 0.2) is 0 Å². The molecule has 0 spiro atoms. The van der Waals surface area contributed by atoms with Crippen molar-refractivity contribution in [1.29, 1.82) is 0 Å². The van der Waals surface area contributed by atoms with Crippen LogP contribution in [0, 0.1) is 5.92 Å². The second-order valence-electron chi connectivity index (χ2n) is 6.12. The predicted octanol–water partition coefficient (Wildman–Crippen LogP) is 0.604. The Kier molecular flexibility index (Phi) is 5.12. The number of hydrogen-bond donors (Lipinski definition) is 0. The second kappa shape index (κ2) is 7.46. The van der Waals surface area contributed by atoms with E-state index in [1.807, 2.05) is 4.90 Å². The van der Waals surface area contributed by atoms with E-state index in [0.717, 1.165) is 25.9 Å². The Morgan fingerprint density at radius 1 is 1.08 bits per heavy atom. The van der Waals surface area contributed by atoms with E-state index in [9.17, 15) is 9.59 Å². The van der Waals surface area contributed by atoms with Crippen molar-refractivity contribution in [3.63, 3.8) is 0 Å². The summed E-state index contributed by atoms with van der Waals surface area (Å²) in [6.07, 6.45) is 4.77. The quantitative estimate of drug-likeness (QED) is 0.789. The van der Waals surface area contributed by atoms with E-state index in [0.29, 0.717) is 32.1 Å². The molecule has 3 heterocycles. The van der Waals surface area contributed by atoms with Crippen LogP contribution in [0.3, 0.4) is 0 Å². The molecule has 0 radical (unpaired) electrons. The number of hydrogen-bond acceptors (Lipinski definition) is 6. The summed E-state index contributed by atoms with van der Waals surface area (Å²) >= 11 is 0. The predicted molar refractivity (Wildman–Crippen MR) is 87.5 cm³/mol. The number of carbonyl (C=O) groups is 2. The molecule has 0 aromatic carbocycles. The number of rotatable bonds is 2. The minimum atomic E-state index is -0.349. The molecule has 2 amide bonds. The van der Waals surface area contributed by atoms with Gasteiger partial charge in [0.2, 0.25) is 11.9 Å². The van der Waals surface area contributed by atoms with Crippen LogP contribution in [0.1, 0.15) is 12.8 Å². The van der Waals surface area contributed by atoms with Crippen LogP contribution in [0.2, 0.25) is 0 Å². The van der Waals surface area contributed by atoms with Crippen molar-refractivity contribution in [3.05, 3.63) is 18.5 Å². The zero-order valence-electron chi connectivity index (χ0n) is 13.9. The van der Waals surface area contributed by atoms with Crippen LogP contribution >= 0.6 is 0 Å². The summed E-state index contributed by atoms with van der Waals surface area (Å²) in [5, 5.41) is 0. The van der Waals surface area contributed by atoms with Gasteiger partial charge >= 0.3 is 6.09 Å². The average molecular weight is 333 g/mol. The molecule has 0 N–H and O–H groups in total. The topological polar surface area (TPSA) is 78.9 Å². The molecule has 0 saturated carbocycles. The first-order valence-corrected chi connectivity index (χ1v) is 8.32. The number of nitrogens with zero attached hydrogens (tertiary/aromatic N) is 5. The number of carbonyl (C=O) groups excluding carboxylic acids is 2. The van der Waals surface area contributed by atoms with Crippen molar-refractivity contribution in [2.24, 2.45) is 5.92 Å². The fourth-order valence-electron chi connectivity index (χ4n) is 3.31. The van der Waals surface area contributed by atoms with E-state index in [1.54, 1.807) is 23.4 Å². The third-order valence-corrected chi connectivity index (χ3v) is 4.63.